The van der Waals surface area contributed by atoms with Crippen LogP contribution in [-0.4, -0.2) is 32.1 Å². The SMILES string of the molecule is CC/C(=C(\c1ccccc1)c1ccc(OCC[15N]([13CH3])[13CH3])cc1)c1ccccc1. The summed E-state index contributed by atoms with van der Waals surface area (Å²) in [6.45, 7) is 3.83. The van der Waals surface area contributed by atoms with E-state index in [1.54, 1.807) is 0 Å². The maximum Gasteiger partial charge on any atom is 0.119 e. The summed E-state index contributed by atoms with van der Waals surface area (Å²) < 4.78 is 5.87. The minimum absolute atomic E-state index is 0.692. The van der Waals surface area contributed by atoms with Crippen LogP contribution in [0.5, 0.6) is 5.75 Å². The van der Waals surface area contributed by atoms with Gasteiger partial charge >= 0.3 is 0 Å². The van der Waals surface area contributed by atoms with E-state index in [4.69, 9.17) is 4.74 Å². The molecule has 3 aromatic carbocycles. The molecule has 0 saturated carbocycles. The summed E-state index contributed by atoms with van der Waals surface area (Å²) in [6.07, 6.45) is 0.968. The van der Waals surface area contributed by atoms with Crippen molar-refractivity contribution >= 4 is 11.1 Å². The Morgan fingerprint density at radius 1 is 0.714 bits per heavy atom. The third-order valence-electron chi connectivity index (χ3n) is 4.79. The van der Waals surface area contributed by atoms with Gasteiger partial charge in [0.1, 0.15) is 12.4 Å². The van der Waals surface area contributed by atoms with Crippen molar-refractivity contribution in [3.8, 4) is 5.75 Å². The molecule has 0 aromatic heterocycles. The van der Waals surface area contributed by atoms with Gasteiger partial charge in [-0.3, -0.25) is 0 Å². The van der Waals surface area contributed by atoms with E-state index >= 15 is 0 Å². The Morgan fingerprint density at radius 3 is 1.79 bits per heavy atom. The van der Waals surface area contributed by atoms with Gasteiger partial charge in [-0.25, -0.2) is 0 Å². The lowest BCUT2D eigenvalue weighted by Gasteiger charge is -2.17. The van der Waals surface area contributed by atoms with Crippen molar-refractivity contribution in [3.05, 3.63) is 102 Å². The second-order valence-corrected chi connectivity index (χ2v) is 7.12. The van der Waals surface area contributed by atoms with Crippen LogP contribution in [0.2, 0.25) is 0 Å². The summed E-state index contributed by atoms with van der Waals surface area (Å²) in [5.74, 6) is 0.913. The average Bonchev–Trinajstić information content (AvgIpc) is 2.73. The van der Waals surface area contributed by atoms with Crippen LogP contribution in [0.1, 0.15) is 30.0 Å². The first-order valence-corrected chi connectivity index (χ1v) is 9.91. The second kappa shape index (κ2) is 9.91. The highest BCUT2D eigenvalue weighted by Crippen LogP contribution is 2.34. The number of allylic oxidation sites excluding steroid dienone is 1. The third-order valence-corrected chi connectivity index (χ3v) is 4.79. The summed E-state index contributed by atoms with van der Waals surface area (Å²) in [6, 6.07) is 29.8. The van der Waals surface area contributed by atoms with E-state index in [1.165, 1.54) is 27.8 Å². The topological polar surface area (TPSA) is 12.5 Å². The minimum atomic E-state index is 0.692. The Labute approximate surface area is 169 Å². The highest BCUT2D eigenvalue weighted by atomic mass is 16.5. The normalized spacial score (nSPS) is 12.0. The first-order valence-electron chi connectivity index (χ1n) is 9.91. The molecule has 0 spiro atoms. The molecule has 0 amide bonds. The van der Waals surface area contributed by atoms with Crippen LogP contribution >= 0.6 is 0 Å². The Morgan fingerprint density at radius 2 is 1.25 bits per heavy atom. The van der Waals surface area contributed by atoms with E-state index in [-0.39, 0.29) is 0 Å². The van der Waals surface area contributed by atoms with Gasteiger partial charge in [-0.15, -0.1) is 0 Å². The highest BCUT2D eigenvalue weighted by molar-refractivity contribution is 5.98. The lowest BCUT2D eigenvalue weighted by atomic mass is 9.88. The van der Waals surface area contributed by atoms with E-state index in [0.29, 0.717) is 6.61 Å². The number of rotatable bonds is 8. The molecule has 0 atom stereocenters. The van der Waals surface area contributed by atoms with Gasteiger partial charge in [0.2, 0.25) is 0 Å². The van der Waals surface area contributed by atoms with Crippen LogP contribution in [0, 0.1) is 0 Å². The molecule has 0 radical (unpaired) electrons. The average molecular weight is 375 g/mol. The molecule has 144 valence electrons. The zero-order chi connectivity index (χ0) is 19.8. The smallest absolute Gasteiger partial charge is 0.119 e. The quantitative estimate of drug-likeness (QED) is 0.272. The number of hydrogen-bond donors (Lipinski definition) is 0. The number of nitrogens with zero attached hydrogens (tertiary/aromatic N) is 1. The predicted molar refractivity (Wildman–Crippen MR) is 120 cm³/mol. The number of hydrogen-bond acceptors (Lipinski definition) is 2. The van der Waals surface area contributed by atoms with E-state index in [0.717, 1.165) is 18.7 Å². The largest absolute Gasteiger partial charge is 0.492 e. The van der Waals surface area contributed by atoms with Crippen LogP contribution in [0.3, 0.4) is 0 Å². The molecule has 0 saturated heterocycles. The van der Waals surface area contributed by atoms with Crippen molar-refractivity contribution in [2.24, 2.45) is 0 Å². The molecular formula is C26H29NO. The third kappa shape index (κ3) is 5.11. The lowest BCUT2D eigenvalue weighted by molar-refractivity contribution is 0.261. The van der Waals surface area contributed by atoms with Crippen molar-refractivity contribution < 1.29 is 4.74 Å². The van der Waals surface area contributed by atoms with Crippen LogP contribution < -0.4 is 4.74 Å². The molecular weight excluding hydrogens is 345 g/mol. The fraction of sp³-hybridized carbons (Fsp3) is 0.231. The van der Waals surface area contributed by atoms with E-state index in [9.17, 15) is 0 Å². The summed E-state index contributed by atoms with van der Waals surface area (Å²) in [4.78, 5) is 2.12. The Bertz CT molecular complexity index is 881. The van der Waals surface area contributed by atoms with Crippen molar-refractivity contribution in [2.75, 3.05) is 27.2 Å². The number of benzene rings is 3. The number of ether oxygens (including phenoxy) is 1. The molecule has 0 fully saturated rings. The van der Waals surface area contributed by atoms with Crippen LogP contribution in [0.25, 0.3) is 11.1 Å². The van der Waals surface area contributed by atoms with Crippen molar-refractivity contribution in [1.29, 1.82) is 0 Å². The van der Waals surface area contributed by atoms with Gasteiger partial charge in [0.25, 0.3) is 0 Å². The standard InChI is InChI=1S/C26H29NO/c1-4-25(21-11-7-5-8-12-21)26(22-13-9-6-10-14-22)23-15-17-24(18-16-23)28-20-19-27(2)3/h5-18H,4,19-20H2,1-3H3/b26-25-/i2+1,3+1,27+1. The highest BCUT2D eigenvalue weighted by Gasteiger charge is 2.12. The van der Waals surface area contributed by atoms with Gasteiger partial charge in [-0.05, 0) is 60.5 Å². The van der Waals surface area contributed by atoms with Gasteiger partial charge in [0, 0.05) is 6.54 Å². The van der Waals surface area contributed by atoms with E-state index in [1.807, 2.05) is 0 Å². The van der Waals surface area contributed by atoms with Gasteiger partial charge < -0.3 is 9.64 Å². The Balaban J connectivity index is 2.00. The molecule has 0 aliphatic rings. The summed E-state index contributed by atoms with van der Waals surface area (Å²) >= 11 is 0. The molecule has 3 aromatic rings. The van der Waals surface area contributed by atoms with Gasteiger partial charge in [0.05, 0.1) is 0 Å². The maximum atomic E-state index is 5.87. The molecule has 0 bridgehead atoms. The molecule has 0 unspecified atom stereocenters. The fourth-order valence-corrected chi connectivity index (χ4v) is 3.35. The van der Waals surface area contributed by atoms with Crippen molar-refractivity contribution in [1.82, 2.24) is 4.90 Å². The first-order chi connectivity index (χ1) is 13.7. The van der Waals surface area contributed by atoms with E-state index < -0.39 is 0 Å². The molecule has 2 nitrogen and oxygen atoms in total. The molecule has 28 heavy (non-hydrogen) atoms. The minimum Gasteiger partial charge on any atom is -0.492 e. The summed E-state index contributed by atoms with van der Waals surface area (Å²) in [7, 11) is 4.11. The molecule has 3 rings (SSSR count). The molecule has 2 heteroatoms. The molecule has 0 aliphatic heterocycles. The van der Waals surface area contributed by atoms with Crippen molar-refractivity contribution in [2.45, 2.75) is 13.3 Å². The zero-order valence-electron chi connectivity index (χ0n) is 17.1. The predicted octanol–water partition coefficient (Wildman–Crippen LogP) is 6.00. The fourth-order valence-electron chi connectivity index (χ4n) is 3.35. The summed E-state index contributed by atoms with van der Waals surface area (Å²) in [5.41, 5.74) is 6.37. The molecule has 0 heterocycles. The molecule has 0 N–H and O–H groups in total. The van der Waals surface area contributed by atoms with Crippen LogP contribution in [-0.2, 0) is 0 Å². The van der Waals surface area contributed by atoms with Gasteiger partial charge in [-0.2, -0.15) is 0 Å². The zero-order valence-corrected chi connectivity index (χ0v) is 17.1. The lowest BCUT2D eigenvalue weighted by Crippen LogP contribution is -2.19. The second-order valence-electron chi connectivity index (χ2n) is 7.12. The first kappa shape index (κ1) is 19.9. The number of likely N-dealkylation sites (N-methyl/N-ethyl adjacent to an activating group) is 1. The van der Waals surface area contributed by atoms with E-state index in [2.05, 4.69) is 111 Å². The Hall–Kier alpha value is -2.84. The van der Waals surface area contributed by atoms with Crippen LogP contribution in [0.4, 0.5) is 0 Å². The van der Waals surface area contributed by atoms with Gasteiger partial charge in [-0.1, -0.05) is 79.7 Å². The molecule has 0 aliphatic carbocycles. The monoisotopic (exact) mass is 374 g/mol. The van der Waals surface area contributed by atoms with Crippen molar-refractivity contribution in [3.63, 3.8) is 0 Å². The summed E-state index contributed by atoms with van der Waals surface area (Å²) in [5, 5.41) is 0. The van der Waals surface area contributed by atoms with Gasteiger partial charge in [0.15, 0.2) is 0 Å². The maximum absolute atomic E-state index is 5.87. The Kier molecular flexibility index (Phi) is 7.05. The van der Waals surface area contributed by atoms with Crippen LogP contribution in [0.15, 0.2) is 84.9 Å².